The first kappa shape index (κ1) is 16.2. The summed E-state index contributed by atoms with van der Waals surface area (Å²) in [6.07, 6.45) is -0.0398. The maximum Gasteiger partial charge on any atom is 0.254 e. The first-order valence-electron chi connectivity index (χ1n) is 5.28. The lowest BCUT2D eigenvalue weighted by atomic mass is 10.1. The van der Waals surface area contributed by atoms with Crippen molar-refractivity contribution >= 4 is 15.9 Å². The van der Waals surface area contributed by atoms with Crippen LogP contribution in [0.2, 0.25) is 0 Å². The largest absolute Gasteiger partial charge is 0.503 e. The summed E-state index contributed by atoms with van der Waals surface area (Å²) in [6, 6.07) is 0.291. The number of benzene rings is 1. The standard InChI is InChI=1S/C10H11F3N2O4S/c11-6-4-5(7(12)9(16)8(6)13)10(17)15-2-1-3-20(14,18)19/h4,16H,1-3H2,(H,15,17)(H2,14,18,19). The van der Waals surface area contributed by atoms with Crippen molar-refractivity contribution in [2.45, 2.75) is 6.42 Å². The highest BCUT2D eigenvalue weighted by Crippen LogP contribution is 2.25. The molecule has 0 unspecified atom stereocenters. The Balaban J connectivity index is 2.74. The van der Waals surface area contributed by atoms with Gasteiger partial charge in [-0.1, -0.05) is 0 Å². The van der Waals surface area contributed by atoms with Crippen molar-refractivity contribution in [2.75, 3.05) is 12.3 Å². The Hall–Kier alpha value is -1.81. The first-order chi connectivity index (χ1) is 9.13. The highest BCUT2D eigenvalue weighted by atomic mass is 32.2. The smallest absolute Gasteiger partial charge is 0.254 e. The molecule has 0 atom stereocenters. The molecule has 0 saturated carbocycles. The lowest BCUT2D eigenvalue weighted by molar-refractivity contribution is 0.0948. The van der Waals surface area contributed by atoms with Crippen molar-refractivity contribution in [1.29, 1.82) is 0 Å². The van der Waals surface area contributed by atoms with Gasteiger partial charge in [-0.2, -0.15) is 4.39 Å². The van der Waals surface area contributed by atoms with E-state index in [1.54, 1.807) is 0 Å². The van der Waals surface area contributed by atoms with Gasteiger partial charge in [-0.15, -0.1) is 0 Å². The SMILES string of the molecule is NS(=O)(=O)CCCNC(=O)c1cc(F)c(F)c(O)c1F. The first-order valence-corrected chi connectivity index (χ1v) is 7.00. The molecule has 1 aromatic carbocycles. The third-order valence-corrected chi connectivity index (χ3v) is 3.13. The predicted molar refractivity (Wildman–Crippen MR) is 62.9 cm³/mol. The van der Waals surface area contributed by atoms with E-state index >= 15 is 0 Å². The number of carbonyl (C=O) groups is 1. The molecular weight excluding hydrogens is 301 g/mol. The molecule has 0 bridgehead atoms. The number of rotatable bonds is 5. The number of nitrogens with two attached hydrogens (primary N) is 1. The zero-order valence-electron chi connectivity index (χ0n) is 9.99. The maximum atomic E-state index is 13.4. The van der Waals surface area contributed by atoms with Gasteiger partial charge in [-0.3, -0.25) is 4.79 Å². The highest BCUT2D eigenvalue weighted by molar-refractivity contribution is 7.89. The maximum absolute atomic E-state index is 13.4. The second-order valence-corrected chi connectivity index (χ2v) is 5.59. The van der Waals surface area contributed by atoms with Gasteiger partial charge < -0.3 is 10.4 Å². The second kappa shape index (κ2) is 6.09. The summed E-state index contributed by atoms with van der Waals surface area (Å²) in [5.74, 6) is -8.11. The summed E-state index contributed by atoms with van der Waals surface area (Å²) >= 11 is 0. The fourth-order valence-electron chi connectivity index (χ4n) is 1.33. The number of phenols is 1. The van der Waals surface area contributed by atoms with Crippen LogP contribution in [0.3, 0.4) is 0 Å². The molecule has 1 amide bonds. The quantitative estimate of drug-likeness (QED) is 0.533. The summed E-state index contributed by atoms with van der Waals surface area (Å²) in [6.45, 7) is -0.172. The average molecular weight is 312 g/mol. The van der Waals surface area contributed by atoms with Crippen LogP contribution >= 0.6 is 0 Å². The zero-order valence-corrected chi connectivity index (χ0v) is 10.8. The van der Waals surface area contributed by atoms with Gasteiger partial charge in [-0.25, -0.2) is 22.3 Å². The molecule has 0 radical (unpaired) electrons. The van der Waals surface area contributed by atoms with Crippen LogP contribution in [-0.2, 0) is 10.0 Å². The van der Waals surface area contributed by atoms with Gasteiger partial charge in [0.25, 0.3) is 5.91 Å². The predicted octanol–water partition coefficient (Wildman–Crippen LogP) is 0.218. The summed E-state index contributed by atoms with van der Waals surface area (Å²) in [5.41, 5.74) is -0.892. The fourth-order valence-corrected chi connectivity index (χ4v) is 1.87. The van der Waals surface area contributed by atoms with Crippen LogP contribution in [0, 0.1) is 17.5 Å². The van der Waals surface area contributed by atoms with Crippen molar-refractivity contribution in [1.82, 2.24) is 5.32 Å². The van der Waals surface area contributed by atoms with Gasteiger partial charge in [0.2, 0.25) is 15.8 Å². The van der Waals surface area contributed by atoms with Gasteiger partial charge in [0.1, 0.15) is 0 Å². The number of halogens is 3. The number of aromatic hydroxyl groups is 1. The number of hydrogen-bond acceptors (Lipinski definition) is 4. The Morgan fingerprint density at radius 1 is 1.30 bits per heavy atom. The molecule has 1 aromatic rings. The lowest BCUT2D eigenvalue weighted by Gasteiger charge is -2.07. The van der Waals surface area contributed by atoms with Crippen LogP contribution in [0.4, 0.5) is 13.2 Å². The minimum atomic E-state index is -3.69. The molecule has 0 fully saturated rings. The van der Waals surface area contributed by atoms with Crippen LogP contribution in [0.25, 0.3) is 0 Å². The molecule has 0 spiro atoms. The number of hydrogen-bond donors (Lipinski definition) is 3. The molecule has 0 aliphatic rings. The summed E-state index contributed by atoms with van der Waals surface area (Å²) in [7, 11) is -3.69. The van der Waals surface area contributed by atoms with Crippen molar-refractivity contribution in [3.8, 4) is 5.75 Å². The molecule has 0 aromatic heterocycles. The van der Waals surface area contributed by atoms with E-state index < -0.39 is 50.4 Å². The van der Waals surface area contributed by atoms with Crippen molar-refractivity contribution < 1.29 is 31.5 Å². The van der Waals surface area contributed by atoms with Gasteiger partial charge in [-0.05, 0) is 12.5 Å². The highest BCUT2D eigenvalue weighted by Gasteiger charge is 2.22. The van der Waals surface area contributed by atoms with E-state index in [0.29, 0.717) is 6.07 Å². The Labute approximate surface area is 112 Å². The number of carbonyl (C=O) groups excluding carboxylic acids is 1. The van der Waals surface area contributed by atoms with Crippen molar-refractivity contribution in [2.24, 2.45) is 5.14 Å². The van der Waals surface area contributed by atoms with Crippen molar-refractivity contribution in [3.63, 3.8) is 0 Å². The van der Waals surface area contributed by atoms with E-state index in [2.05, 4.69) is 5.32 Å². The molecule has 0 saturated heterocycles. The number of primary sulfonamides is 1. The Morgan fingerprint density at radius 3 is 2.45 bits per heavy atom. The molecule has 0 aliphatic heterocycles. The van der Waals surface area contributed by atoms with Crippen LogP contribution in [0.5, 0.6) is 5.75 Å². The van der Waals surface area contributed by atoms with Gasteiger partial charge >= 0.3 is 0 Å². The Bertz CT molecular complexity index is 634. The number of phenolic OH excluding ortho intramolecular Hbond substituents is 1. The molecule has 1 rings (SSSR count). The number of amides is 1. The second-order valence-electron chi connectivity index (χ2n) is 3.86. The minimum absolute atomic E-state index is 0.0398. The van der Waals surface area contributed by atoms with E-state index in [1.165, 1.54) is 0 Å². The van der Waals surface area contributed by atoms with E-state index in [-0.39, 0.29) is 13.0 Å². The topological polar surface area (TPSA) is 109 Å². The summed E-state index contributed by atoms with van der Waals surface area (Å²) < 4.78 is 60.3. The Kier molecular flexibility index (Phi) is 4.95. The van der Waals surface area contributed by atoms with Gasteiger partial charge in [0, 0.05) is 6.54 Å². The molecule has 0 heterocycles. The third kappa shape index (κ3) is 4.10. The van der Waals surface area contributed by atoms with E-state index in [0.717, 1.165) is 0 Å². The van der Waals surface area contributed by atoms with Crippen LogP contribution in [-0.4, -0.2) is 31.7 Å². The molecule has 6 nitrogen and oxygen atoms in total. The van der Waals surface area contributed by atoms with Crippen molar-refractivity contribution in [3.05, 3.63) is 29.1 Å². The molecule has 0 aliphatic carbocycles. The van der Waals surface area contributed by atoms with Gasteiger partial charge in [0.05, 0.1) is 11.3 Å². The van der Waals surface area contributed by atoms with Crippen LogP contribution in [0.1, 0.15) is 16.8 Å². The molecule has 10 heteroatoms. The average Bonchev–Trinajstić information content (AvgIpc) is 2.35. The van der Waals surface area contributed by atoms with E-state index in [4.69, 9.17) is 10.2 Å². The molecule has 4 N–H and O–H groups in total. The Morgan fingerprint density at radius 2 is 1.90 bits per heavy atom. The molecule has 20 heavy (non-hydrogen) atoms. The third-order valence-electron chi connectivity index (χ3n) is 2.27. The van der Waals surface area contributed by atoms with E-state index in [9.17, 15) is 26.4 Å². The van der Waals surface area contributed by atoms with Crippen LogP contribution < -0.4 is 10.5 Å². The zero-order chi connectivity index (χ0) is 15.5. The molecular formula is C10H11F3N2O4S. The normalized spacial score (nSPS) is 11.4. The monoisotopic (exact) mass is 312 g/mol. The fraction of sp³-hybridized carbons (Fsp3) is 0.300. The van der Waals surface area contributed by atoms with E-state index in [1.807, 2.05) is 0 Å². The minimum Gasteiger partial charge on any atom is -0.503 e. The molecule has 112 valence electrons. The lowest BCUT2D eigenvalue weighted by Crippen LogP contribution is -2.28. The summed E-state index contributed by atoms with van der Waals surface area (Å²) in [5, 5.41) is 15.7. The van der Waals surface area contributed by atoms with Gasteiger partial charge in [0.15, 0.2) is 17.4 Å². The number of nitrogens with one attached hydrogen (secondary N) is 1. The van der Waals surface area contributed by atoms with Crippen LogP contribution in [0.15, 0.2) is 6.07 Å². The summed E-state index contributed by atoms with van der Waals surface area (Å²) in [4.78, 5) is 11.5. The number of sulfonamides is 1.